The molecule has 76 heavy (non-hydrogen) atoms. The van der Waals surface area contributed by atoms with E-state index in [0.717, 1.165) is 96.3 Å². The third kappa shape index (κ3) is 54.2. The standard InChI is InChI=1S/C64H101O11P/c1-4-7-10-13-16-19-22-25-27-29-30-32-34-37-40-43-46-49-52-55-64(68)75-61(57-71-62(66)53-50-47-44-41-38-35-24-21-18-15-12-9-6-3)59-73-76(69,70)72-58-60(56-65)74-63(67)54-51-48-45-42-39-36-33-31-28-26-23-20-17-14-11-8-5-2/h7,9-10,12,16-21,25-28,30,32,35,37-38,40,44,46-47,49,60-61,65H,4-6,8,11,13-15,22-24,29,31,33-34,36,39,41-43,45,48,50-59H2,1-3H3,(H,69,70)/b10-7-,12-9-,19-16-,20-17-,21-18-,27-25-,28-26-,32-30-,38-35-,40-37-,47-44-,49-46-. The van der Waals surface area contributed by atoms with Gasteiger partial charge in [-0.2, -0.15) is 0 Å². The molecule has 3 unspecified atom stereocenters. The molecule has 2 N–H and O–H groups in total. The average molecular weight is 1080 g/mol. The van der Waals surface area contributed by atoms with Crippen LogP contribution in [0.15, 0.2) is 146 Å². The minimum atomic E-state index is -4.80. The van der Waals surface area contributed by atoms with Gasteiger partial charge in [0.25, 0.3) is 0 Å². The van der Waals surface area contributed by atoms with Gasteiger partial charge in [-0.05, 0) is 116 Å². The van der Waals surface area contributed by atoms with Crippen molar-refractivity contribution < 1.29 is 52.2 Å². The van der Waals surface area contributed by atoms with Gasteiger partial charge in [0.2, 0.25) is 0 Å². The number of hydrogen-bond acceptors (Lipinski definition) is 10. The van der Waals surface area contributed by atoms with Crippen molar-refractivity contribution in [3.8, 4) is 0 Å². The van der Waals surface area contributed by atoms with E-state index in [2.05, 4.69) is 142 Å². The van der Waals surface area contributed by atoms with Crippen LogP contribution in [-0.4, -0.2) is 66.5 Å². The molecule has 0 heterocycles. The Bertz CT molecular complexity index is 1830. The Hall–Kier alpha value is -4.64. The fraction of sp³-hybridized carbons (Fsp3) is 0.578. The Morgan fingerprint density at radius 2 is 0.711 bits per heavy atom. The molecule has 428 valence electrons. The SMILES string of the molecule is CC/C=C\C/C=C\C/C=C\C/C=C\C/C=C\C/C=C\CCC(=O)OC(COC(=O)CC/C=C\C/C=C\C/C=C\C/C=C\CC)COP(=O)(O)OCC(CO)OC(=O)CCCCCCCCC/C=C\C/C=C\CCCCC. The molecule has 0 fully saturated rings. The number of carbonyl (C=O) groups is 3. The van der Waals surface area contributed by atoms with E-state index in [1.54, 1.807) is 0 Å². The Morgan fingerprint density at radius 3 is 1.13 bits per heavy atom. The molecule has 0 radical (unpaired) electrons. The molecule has 0 aromatic heterocycles. The van der Waals surface area contributed by atoms with E-state index in [-0.39, 0.29) is 19.3 Å². The number of phosphoric acid groups is 1. The van der Waals surface area contributed by atoms with E-state index in [1.165, 1.54) is 38.5 Å². The first kappa shape index (κ1) is 71.4. The summed E-state index contributed by atoms with van der Waals surface area (Å²) in [5.74, 6) is -1.69. The van der Waals surface area contributed by atoms with E-state index < -0.39 is 64.4 Å². The van der Waals surface area contributed by atoms with Crippen LogP contribution in [0.3, 0.4) is 0 Å². The summed E-state index contributed by atoms with van der Waals surface area (Å²) in [6.07, 6.45) is 72.7. The third-order valence-electron chi connectivity index (χ3n) is 11.3. The van der Waals surface area contributed by atoms with Gasteiger partial charge in [-0.1, -0.05) is 212 Å². The van der Waals surface area contributed by atoms with E-state index in [9.17, 15) is 28.9 Å². The highest BCUT2D eigenvalue weighted by Crippen LogP contribution is 2.43. The molecule has 0 aliphatic rings. The number of carbonyl (C=O) groups excluding carboxylic acids is 3. The maximum atomic E-state index is 12.9. The summed E-state index contributed by atoms with van der Waals surface area (Å²) in [4.78, 5) is 48.5. The van der Waals surface area contributed by atoms with Crippen LogP contribution in [0.1, 0.15) is 201 Å². The molecule has 0 saturated carbocycles. The Kier molecular flexibility index (Phi) is 53.1. The zero-order valence-electron chi connectivity index (χ0n) is 47.2. The number of hydrogen-bond donors (Lipinski definition) is 2. The lowest BCUT2D eigenvalue weighted by Gasteiger charge is -2.21. The Balaban J connectivity index is 4.89. The van der Waals surface area contributed by atoms with Crippen LogP contribution >= 0.6 is 7.82 Å². The highest BCUT2D eigenvalue weighted by Gasteiger charge is 2.28. The van der Waals surface area contributed by atoms with Crippen molar-refractivity contribution >= 4 is 25.7 Å². The van der Waals surface area contributed by atoms with Crippen molar-refractivity contribution in [2.45, 2.75) is 213 Å². The van der Waals surface area contributed by atoms with Crippen LogP contribution in [0.2, 0.25) is 0 Å². The van der Waals surface area contributed by atoms with E-state index in [0.29, 0.717) is 25.7 Å². The van der Waals surface area contributed by atoms with Gasteiger partial charge in [-0.3, -0.25) is 23.4 Å². The summed E-state index contributed by atoms with van der Waals surface area (Å²) in [6, 6.07) is 0. The van der Waals surface area contributed by atoms with Crippen LogP contribution < -0.4 is 0 Å². The second kappa shape index (κ2) is 56.6. The summed E-state index contributed by atoms with van der Waals surface area (Å²) in [7, 11) is -4.80. The van der Waals surface area contributed by atoms with Crippen molar-refractivity contribution in [2.24, 2.45) is 0 Å². The van der Waals surface area contributed by atoms with Crippen molar-refractivity contribution in [3.05, 3.63) is 146 Å². The molecule has 0 spiro atoms. The van der Waals surface area contributed by atoms with Gasteiger partial charge in [0.1, 0.15) is 12.7 Å². The molecular weight excluding hydrogens is 976 g/mol. The smallest absolute Gasteiger partial charge is 0.462 e. The van der Waals surface area contributed by atoms with Crippen LogP contribution in [0, 0.1) is 0 Å². The van der Waals surface area contributed by atoms with Gasteiger partial charge in [0.05, 0.1) is 19.8 Å². The molecule has 0 amide bonds. The number of phosphoric ester groups is 1. The fourth-order valence-electron chi connectivity index (χ4n) is 6.95. The molecule has 0 aromatic carbocycles. The lowest BCUT2D eigenvalue weighted by atomic mass is 10.1. The van der Waals surface area contributed by atoms with Crippen LogP contribution in [-0.2, 0) is 42.2 Å². The average Bonchev–Trinajstić information content (AvgIpc) is 3.41. The quantitative estimate of drug-likeness (QED) is 0.0197. The second-order valence-electron chi connectivity index (χ2n) is 18.3. The number of allylic oxidation sites excluding steroid dienone is 24. The third-order valence-corrected chi connectivity index (χ3v) is 12.2. The first-order chi connectivity index (χ1) is 37.2. The van der Waals surface area contributed by atoms with Gasteiger partial charge < -0.3 is 24.2 Å². The molecule has 0 saturated heterocycles. The zero-order valence-corrected chi connectivity index (χ0v) is 48.0. The van der Waals surface area contributed by atoms with Gasteiger partial charge in [0, 0.05) is 19.3 Å². The molecule has 0 bridgehead atoms. The number of ether oxygens (including phenoxy) is 3. The maximum absolute atomic E-state index is 12.9. The predicted molar refractivity (Wildman–Crippen MR) is 316 cm³/mol. The van der Waals surface area contributed by atoms with Crippen molar-refractivity contribution in [1.29, 1.82) is 0 Å². The summed E-state index contributed by atoms with van der Waals surface area (Å²) in [6.45, 7) is 4.19. The molecule has 0 aromatic rings. The Labute approximate surface area is 461 Å². The maximum Gasteiger partial charge on any atom is 0.472 e. The van der Waals surface area contributed by atoms with E-state index in [4.69, 9.17) is 23.3 Å². The monoisotopic (exact) mass is 1080 g/mol. The zero-order chi connectivity index (χ0) is 55.5. The lowest BCUT2D eigenvalue weighted by molar-refractivity contribution is -0.161. The summed E-state index contributed by atoms with van der Waals surface area (Å²) in [5, 5.41) is 9.82. The minimum Gasteiger partial charge on any atom is -0.462 e. The topological polar surface area (TPSA) is 155 Å². The normalized spacial score (nSPS) is 14.4. The molecule has 3 atom stereocenters. The molecule has 0 rings (SSSR count). The minimum absolute atomic E-state index is 0.0191. The van der Waals surface area contributed by atoms with E-state index in [1.807, 2.05) is 24.3 Å². The fourth-order valence-corrected chi connectivity index (χ4v) is 7.74. The lowest BCUT2D eigenvalue weighted by Crippen LogP contribution is -2.30. The largest absolute Gasteiger partial charge is 0.472 e. The van der Waals surface area contributed by atoms with Gasteiger partial charge >= 0.3 is 25.7 Å². The summed E-state index contributed by atoms with van der Waals surface area (Å²) in [5.41, 5.74) is 0. The highest BCUT2D eigenvalue weighted by molar-refractivity contribution is 7.47. The first-order valence-electron chi connectivity index (χ1n) is 28.7. The van der Waals surface area contributed by atoms with Gasteiger partial charge in [0.15, 0.2) is 6.10 Å². The molecular formula is C64H101O11P. The molecule has 12 heteroatoms. The van der Waals surface area contributed by atoms with Crippen molar-refractivity contribution in [2.75, 3.05) is 26.4 Å². The van der Waals surface area contributed by atoms with Crippen LogP contribution in [0.25, 0.3) is 0 Å². The van der Waals surface area contributed by atoms with Crippen LogP contribution in [0.4, 0.5) is 0 Å². The summed E-state index contributed by atoms with van der Waals surface area (Å²) < 4.78 is 39.3. The summed E-state index contributed by atoms with van der Waals surface area (Å²) >= 11 is 0. The first-order valence-corrected chi connectivity index (χ1v) is 30.2. The number of unbranched alkanes of at least 4 members (excludes halogenated alkanes) is 10. The molecule has 0 aliphatic carbocycles. The molecule has 0 aliphatic heterocycles. The Morgan fingerprint density at radius 1 is 0.382 bits per heavy atom. The number of aliphatic hydroxyl groups excluding tert-OH is 1. The highest BCUT2D eigenvalue weighted by atomic mass is 31.2. The molecule has 11 nitrogen and oxygen atoms in total. The second-order valence-corrected chi connectivity index (χ2v) is 19.8. The van der Waals surface area contributed by atoms with E-state index >= 15 is 0 Å². The van der Waals surface area contributed by atoms with Gasteiger partial charge in [-0.25, -0.2) is 4.57 Å². The van der Waals surface area contributed by atoms with Crippen LogP contribution in [0.5, 0.6) is 0 Å². The van der Waals surface area contributed by atoms with Crippen molar-refractivity contribution in [3.63, 3.8) is 0 Å². The number of aliphatic hydroxyl groups is 1. The van der Waals surface area contributed by atoms with Crippen molar-refractivity contribution in [1.82, 2.24) is 0 Å². The van der Waals surface area contributed by atoms with Gasteiger partial charge in [-0.15, -0.1) is 0 Å². The predicted octanol–water partition coefficient (Wildman–Crippen LogP) is 17.1. The number of rotatable bonds is 51. The number of esters is 3.